The first-order valence-corrected chi connectivity index (χ1v) is 9.08. The molecule has 3 rings (SSSR count). The van der Waals surface area contributed by atoms with Gasteiger partial charge in [-0.1, -0.05) is 34.8 Å². The molecule has 138 valence electrons. The summed E-state index contributed by atoms with van der Waals surface area (Å²) in [6.07, 6.45) is 2.15. The lowest BCUT2D eigenvalue weighted by Gasteiger charge is -2.10. The highest BCUT2D eigenvalue weighted by Gasteiger charge is 2.17. The third kappa shape index (κ3) is 4.67. The third-order valence-corrected chi connectivity index (χ3v) is 4.52. The first kappa shape index (κ1) is 19.4. The van der Waals surface area contributed by atoms with Crippen LogP contribution >= 0.6 is 34.8 Å². The van der Waals surface area contributed by atoms with Gasteiger partial charge in [-0.15, -0.1) is 0 Å². The van der Waals surface area contributed by atoms with E-state index in [0.717, 1.165) is 6.42 Å². The Morgan fingerprint density at radius 2 is 1.89 bits per heavy atom. The molecular weight excluding hydrogens is 411 g/mol. The molecule has 0 fully saturated rings. The first-order chi connectivity index (χ1) is 13.0. The van der Waals surface area contributed by atoms with Gasteiger partial charge in [0.1, 0.15) is 11.6 Å². The summed E-state index contributed by atoms with van der Waals surface area (Å²) in [5.41, 5.74) is 0.719. The number of ether oxygens (including phenoxy) is 2. The molecule has 0 saturated heterocycles. The molecule has 0 aliphatic carbocycles. The van der Waals surface area contributed by atoms with Gasteiger partial charge in [-0.2, -0.15) is 5.26 Å². The molecular formula is C19H13Cl3N2O3. The molecule has 0 unspecified atom stereocenters. The van der Waals surface area contributed by atoms with Gasteiger partial charge in [0.05, 0.1) is 28.9 Å². The van der Waals surface area contributed by atoms with Crippen molar-refractivity contribution in [3.8, 4) is 17.6 Å². The highest BCUT2D eigenvalue weighted by atomic mass is 35.5. The minimum Gasteiger partial charge on any atom is -0.489 e. The second-order valence-electron chi connectivity index (χ2n) is 5.63. The molecule has 0 aromatic heterocycles. The molecule has 27 heavy (non-hydrogen) atoms. The number of anilines is 1. The van der Waals surface area contributed by atoms with E-state index in [2.05, 4.69) is 5.32 Å². The fourth-order valence-corrected chi connectivity index (χ4v) is 3.04. The van der Waals surface area contributed by atoms with E-state index in [4.69, 9.17) is 44.3 Å². The van der Waals surface area contributed by atoms with Crippen molar-refractivity contribution >= 4 is 52.5 Å². The van der Waals surface area contributed by atoms with Crippen LogP contribution in [0.5, 0.6) is 11.5 Å². The van der Waals surface area contributed by atoms with Crippen LogP contribution in [0, 0.1) is 11.3 Å². The second-order valence-corrected chi connectivity index (χ2v) is 6.88. The summed E-state index contributed by atoms with van der Waals surface area (Å²) in [4.78, 5) is 12.4. The van der Waals surface area contributed by atoms with Gasteiger partial charge in [-0.3, -0.25) is 4.79 Å². The molecule has 1 aliphatic heterocycles. The van der Waals surface area contributed by atoms with Crippen LogP contribution in [0.2, 0.25) is 15.1 Å². The lowest BCUT2D eigenvalue weighted by Crippen LogP contribution is -2.13. The van der Waals surface area contributed by atoms with E-state index in [1.165, 1.54) is 12.1 Å². The molecule has 1 heterocycles. The van der Waals surface area contributed by atoms with Crippen LogP contribution in [0.3, 0.4) is 0 Å². The normalized spacial score (nSPS) is 13.5. The molecule has 0 saturated carbocycles. The molecule has 0 spiro atoms. The number of rotatable bonds is 3. The van der Waals surface area contributed by atoms with E-state index in [1.54, 1.807) is 24.3 Å². The van der Waals surface area contributed by atoms with Crippen molar-refractivity contribution in [3.63, 3.8) is 0 Å². The van der Waals surface area contributed by atoms with Crippen molar-refractivity contribution in [2.45, 2.75) is 6.42 Å². The van der Waals surface area contributed by atoms with E-state index in [-0.39, 0.29) is 5.57 Å². The lowest BCUT2D eigenvalue weighted by molar-refractivity contribution is -0.112. The average Bonchev–Trinajstić information content (AvgIpc) is 2.88. The van der Waals surface area contributed by atoms with Gasteiger partial charge in [0.15, 0.2) is 11.5 Å². The van der Waals surface area contributed by atoms with E-state index < -0.39 is 5.91 Å². The number of hydrogen-bond donors (Lipinski definition) is 1. The van der Waals surface area contributed by atoms with Crippen LogP contribution in [0.4, 0.5) is 5.69 Å². The number of hydrogen-bond acceptors (Lipinski definition) is 4. The van der Waals surface area contributed by atoms with Crippen molar-refractivity contribution in [3.05, 3.63) is 56.5 Å². The minimum absolute atomic E-state index is 0.128. The zero-order valence-electron chi connectivity index (χ0n) is 13.9. The second kappa shape index (κ2) is 8.53. The summed E-state index contributed by atoms with van der Waals surface area (Å²) in [5, 5.41) is 13.0. The number of carbonyl (C=O) groups excluding carboxylic acids is 1. The summed E-state index contributed by atoms with van der Waals surface area (Å²) < 4.78 is 11.2. The summed E-state index contributed by atoms with van der Waals surface area (Å²) in [6, 6.07) is 9.80. The predicted molar refractivity (Wildman–Crippen MR) is 106 cm³/mol. The smallest absolute Gasteiger partial charge is 0.266 e. The standard InChI is InChI=1S/C19H13Cl3N2O3/c20-13-2-3-14(21)16(9-13)24-19(25)12(10-23)6-11-7-15(22)18-17(8-11)26-4-1-5-27-18/h2-3,6-9H,1,4-5H2,(H,24,25)/b12-6+. The molecule has 1 aliphatic rings. The fraction of sp³-hybridized carbons (Fsp3) is 0.158. The van der Waals surface area contributed by atoms with Crippen LogP contribution in [0.1, 0.15) is 12.0 Å². The summed E-state index contributed by atoms with van der Waals surface area (Å²) in [6.45, 7) is 1.00. The topological polar surface area (TPSA) is 71.3 Å². The molecule has 1 N–H and O–H groups in total. The largest absolute Gasteiger partial charge is 0.489 e. The van der Waals surface area contributed by atoms with Crippen LogP contribution < -0.4 is 14.8 Å². The number of nitriles is 1. The number of nitrogens with one attached hydrogen (secondary N) is 1. The molecule has 2 aromatic rings. The first-order valence-electron chi connectivity index (χ1n) is 7.95. The number of benzene rings is 2. The zero-order chi connectivity index (χ0) is 19.4. The molecule has 0 atom stereocenters. The van der Waals surface area contributed by atoms with Crippen molar-refractivity contribution in [1.82, 2.24) is 0 Å². The van der Waals surface area contributed by atoms with Gasteiger partial charge in [-0.05, 0) is 42.0 Å². The van der Waals surface area contributed by atoms with Crippen LogP contribution in [0.25, 0.3) is 6.08 Å². The van der Waals surface area contributed by atoms with Crippen molar-refractivity contribution < 1.29 is 14.3 Å². The Bertz CT molecular complexity index is 967. The number of halogens is 3. The Labute approximate surface area is 171 Å². The Morgan fingerprint density at radius 3 is 2.67 bits per heavy atom. The van der Waals surface area contributed by atoms with Gasteiger partial charge in [-0.25, -0.2) is 0 Å². The van der Waals surface area contributed by atoms with Crippen molar-refractivity contribution in [2.75, 3.05) is 18.5 Å². The number of fused-ring (bicyclic) bond motifs is 1. The van der Waals surface area contributed by atoms with Gasteiger partial charge in [0.2, 0.25) is 0 Å². The third-order valence-electron chi connectivity index (χ3n) is 3.68. The lowest BCUT2D eigenvalue weighted by atomic mass is 10.1. The predicted octanol–water partition coefficient (Wildman–Crippen LogP) is 5.35. The zero-order valence-corrected chi connectivity index (χ0v) is 16.2. The van der Waals surface area contributed by atoms with E-state index in [0.29, 0.717) is 51.0 Å². The maximum Gasteiger partial charge on any atom is 0.266 e. The number of amides is 1. The van der Waals surface area contributed by atoms with Gasteiger partial charge in [0, 0.05) is 11.4 Å². The quantitative estimate of drug-likeness (QED) is 0.533. The van der Waals surface area contributed by atoms with Crippen LogP contribution in [-0.2, 0) is 4.79 Å². The summed E-state index contributed by atoms with van der Waals surface area (Å²) >= 11 is 18.2. The summed E-state index contributed by atoms with van der Waals surface area (Å²) in [5.74, 6) is 0.312. The maximum absolute atomic E-state index is 12.4. The summed E-state index contributed by atoms with van der Waals surface area (Å²) in [7, 11) is 0. The molecule has 5 nitrogen and oxygen atoms in total. The monoisotopic (exact) mass is 422 g/mol. The van der Waals surface area contributed by atoms with Crippen LogP contribution in [-0.4, -0.2) is 19.1 Å². The van der Waals surface area contributed by atoms with Gasteiger partial charge >= 0.3 is 0 Å². The SMILES string of the molecule is N#C/C(=C\c1cc(Cl)c2c(c1)OCCCO2)C(=O)Nc1cc(Cl)ccc1Cl. The van der Waals surface area contributed by atoms with E-state index >= 15 is 0 Å². The Hall–Kier alpha value is -2.39. The Balaban J connectivity index is 1.89. The number of nitrogens with zero attached hydrogens (tertiary/aromatic N) is 1. The highest BCUT2D eigenvalue weighted by molar-refractivity contribution is 6.36. The van der Waals surface area contributed by atoms with Crippen LogP contribution in [0.15, 0.2) is 35.9 Å². The molecule has 2 aromatic carbocycles. The molecule has 1 amide bonds. The Kier molecular flexibility index (Phi) is 6.12. The highest BCUT2D eigenvalue weighted by Crippen LogP contribution is 2.38. The van der Waals surface area contributed by atoms with Gasteiger partial charge in [0.25, 0.3) is 5.91 Å². The molecule has 0 bridgehead atoms. The average molecular weight is 424 g/mol. The number of carbonyl (C=O) groups is 1. The van der Waals surface area contributed by atoms with Crippen molar-refractivity contribution in [2.24, 2.45) is 0 Å². The fourth-order valence-electron chi connectivity index (χ4n) is 2.43. The molecule has 8 heteroatoms. The van der Waals surface area contributed by atoms with E-state index in [1.807, 2.05) is 6.07 Å². The van der Waals surface area contributed by atoms with Gasteiger partial charge < -0.3 is 14.8 Å². The van der Waals surface area contributed by atoms with E-state index in [9.17, 15) is 10.1 Å². The molecule has 0 radical (unpaired) electrons. The van der Waals surface area contributed by atoms with Crippen molar-refractivity contribution in [1.29, 1.82) is 5.26 Å². The Morgan fingerprint density at radius 1 is 1.11 bits per heavy atom. The minimum atomic E-state index is -0.620. The maximum atomic E-state index is 12.4.